The lowest BCUT2D eigenvalue weighted by molar-refractivity contribution is 0.752. The second-order valence-corrected chi connectivity index (χ2v) is 3.75. The second-order valence-electron chi connectivity index (χ2n) is 3.75. The first-order valence-electron chi connectivity index (χ1n) is 4.61. The minimum absolute atomic E-state index is 0.516. The Morgan fingerprint density at radius 1 is 1.31 bits per heavy atom. The highest BCUT2D eigenvalue weighted by molar-refractivity contribution is 5.59. The molecule has 0 amide bonds. The molecule has 0 saturated carbocycles. The van der Waals surface area contributed by atoms with Gasteiger partial charge in [0.15, 0.2) is 0 Å². The summed E-state index contributed by atoms with van der Waals surface area (Å²) in [5, 5.41) is 0. The molecule has 0 heterocycles. The van der Waals surface area contributed by atoms with Crippen molar-refractivity contribution in [1.82, 2.24) is 0 Å². The van der Waals surface area contributed by atoms with Gasteiger partial charge < -0.3 is 10.6 Å². The Bertz CT molecular complexity index is 292. The molecule has 2 nitrogen and oxygen atoms in total. The van der Waals surface area contributed by atoms with E-state index in [-0.39, 0.29) is 0 Å². The van der Waals surface area contributed by atoms with Crippen molar-refractivity contribution in [2.45, 2.75) is 26.8 Å². The molecule has 0 aliphatic rings. The third-order valence-corrected chi connectivity index (χ3v) is 2.38. The summed E-state index contributed by atoms with van der Waals surface area (Å²) >= 11 is 0. The van der Waals surface area contributed by atoms with Gasteiger partial charge in [0.1, 0.15) is 0 Å². The molecule has 0 aliphatic carbocycles. The number of aryl methyl sites for hydroxylation is 1. The molecule has 0 radical (unpaired) electrons. The van der Waals surface area contributed by atoms with Crippen molar-refractivity contribution in [1.29, 1.82) is 0 Å². The average Bonchev–Trinajstić information content (AvgIpc) is 2.03. The molecule has 2 heteroatoms. The summed E-state index contributed by atoms with van der Waals surface area (Å²) in [6.07, 6.45) is 0. The second kappa shape index (κ2) is 3.69. The summed E-state index contributed by atoms with van der Waals surface area (Å²) in [5.74, 6) is 0. The van der Waals surface area contributed by atoms with Crippen molar-refractivity contribution in [2.24, 2.45) is 0 Å². The molecular weight excluding hydrogens is 160 g/mol. The van der Waals surface area contributed by atoms with Gasteiger partial charge in [0.05, 0.1) is 0 Å². The molecule has 0 spiro atoms. The fraction of sp³-hybridized carbons (Fsp3) is 0.455. The predicted octanol–water partition coefficient (Wildman–Crippen LogP) is 2.42. The maximum absolute atomic E-state index is 5.69. The summed E-state index contributed by atoms with van der Waals surface area (Å²) in [6.45, 7) is 6.44. The SMILES string of the molecule is Cc1cc(N)ccc1N(C)C(C)C. The molecule has 13 heavy (non-hydrogen) atoms. The highest BCUT2D eigenvalue weighted by atomic mass is 15.1. The van der Waals surface area contributed by atoms with E-state index < -0.39 is 0 Å². The number of nitrogens with zero attached hydrogens (tertiary/aromatic N) is 1. The monoisotopic (exact) mass is 178 g/mol. The number of hydrogen-bond donors (Lipinski definition) is 1. The van der Waals surface area contributed by atoms with Crippen LogP contribution in [-0.4, -0.2) is 13.1 Å². The van der Waals surface area contributed by atoms with Crippen molar-refractivity contribution in [3.8, 4) is 0 Å². The van der Waals surface area contributed by atoms with E-state index in [9.17, 15) is 0 Å². The smallest absolute Gasteiger partial charge is 0.0397 e. The Morgan fingerprint density at radius 3 is 2.38 bits per heavy atom. The van der Waals surface area contributed by atoms with Crippen molar-refractivity contribution >= 4 is 11.4 Å². The van der Waals surface area contributed by atoms with E-state index in [0.717, 1.165) is 5.69 Å². The predicted molar refractivity (Wildman–Crippen MR) is 59.1 cm³/mol. The summed E-state index contributed by atoms with van der Waals surface area (Å²) in [6, 6.07) is 6.54. The third-order valence-electron chi connectivity index (χ3n) is 2.38. The lowest BCUT2D eigenvalue weighted by Gasteiger charge is -2.25. The van der Waals surface area contributed by atoms with Gasteiger partial charge in [0, 0.05) is 24.5 Å². The van der Waals surface area contributed by atoms with E-state index in [1.54, 1.807) is 0 Å². The number of rotatable bonds is 2. The van der Waals surface area contributed by atoms with Crippen LogP contribution in [-0.2, 0) is 0 Å². The summed E-state index contributed by atoms with van der Waals surface area (Å²) in [5.41, 5.74) is 9.00. The van der Waals surface area contributed by atoms with Crippen molar-refractivity contribution in [3.05, 3.63) is 23.8 Å². The number of nitrogens with two attached hydrogens (primary N) is 1. The van der Waals surface area contributed by atoms with Gasteiger partial charge in [-0.1, -0.05) is 0 Å². The molecule has 1 rings (SSSR count). The van der Waals surface area contributed by atoms with Crippen LogP contribution in [0.2, 0.25) is 0 Å². The topological polar surface area (TPSA) is 29.3 Å². The Hall–Kier alpha value is -1.18. The largest absolute Gasteiger partial charge is 0.399 e. The number of nitrogen functional groups attached to an aromatic ring is 1. The van der Waals surface area contributed by atoms with Crippen LogP contribution in [0.5, 0.6) is 0 Å². The van der Waals surface area contributed by atoms with Crippen LogP contribution in [0.15, 0.2) is 18.2 Å². The summed E-state index contributed by atoms with van der Waals surface area (Å²) < 4.78 is 0. The van der Waals surface area contributed by atoms with E-state index in [1.807, 2.05) is 12.1 Å². The molecule has 0 bridgehead atoms. The quantitative estimate of drug-likeness (QED) is 0.705. The van der Waals surface area contributed by atoms with Crippen LogP contribution in [0.25, 0.3) is 0 Å². The van der Waals surface area contributed by atoms with Crippen LogP contribution in [0.1, 0.15) is 19.4 Å². The van der Waals surface area contributed by atoms with Crippen LogP contribution in [0, 0.1) is 6.92 Å². The molecule has 0 saturated heterocycles. The van der Waals surface area contributed by atoms with Crippen LogP contribution < -0.4 is 10.6 Å². The van der Waals surface area contributed by atoms with Crippen molar-refractivity contribution in [2.75, 3.05) is 17.7 Å². The molecule has 2 N–H and O–H groups in total. The van der Waals surface area contributed by atoms with E-state index >= 15 is 0 Å². The van der Waals surface area contributed by atoms with Gasteiger partial charge in [0.2, 0.25) is 0 Å². The van der Waals surface area contributed by atoms with Gasteiger partial charge >= 0.3 is 0 Å². The number of benzene rings is 1. The maximum atomic E-state index is 5.69. The standard InChI is InChI=1S/C11H18N2/c1-8(2)13(4)11-6-5-10(12)7-9(11)3/h5-8H,12H2,1-4H3. The normalized spacial score (nSPS) is 10.5. The Balaban J connectivity index is 3.01. The fourth-order valence-corrected chi connectivity index (χ4v) is 1.35. The van der Waals surface area contributed by atoms with E-state index in [0.29, 0.717) is 6.04 Å². The first-order chi connectivity index (χ1) is 6.02. The van der Waals surface area contributed by atoms with Crippen LogP contribution >= 0.6 is 0 Å². The molecular formula is C11H18N2. The zero-order valence-electron chi connectivity index (χ0n) is 8.83. The molecule has 1 aromatic carbocycles. The summed E-state index contributed by atoms with van der Waals surface area (Å²) in [7, 11) is 2.10. The third kappa shape index (κ3) is 2.14. The molecule has 1 aromatic rings. The Morgan fingerprint density at radius 2 is 1.92 bits per heavy atom. The van der Waals surface area contributed by atoms with Crippen LogP contribution in [0.4, 0.5) is 11.4 Å². The number of anilines is 2. The molecule has 0 fully saturated rings. The molecule has 0 aromatic heterocycles. The molecule has 0 unspecified atom stereocenters. The fourth-order valence-electron chi connectivity index (χ4n) is 1.35. The van der Waals surface area contributed by atoms with E-state index in [2.05, 4.69) is 38.8 Å². The van der Waals surface area contributed by atoms with Gasteiger partial charge in [-0.2, -0.15) is 0 Å². The van der Waals surface area contributed by atoms with Crippen molar-refractivity contribution in [3.63, 3.8) is 0 Å². The van der Waals surface area contributed by atoms with Crippen molar-refractivity contribution < 1.29 is 0 Å². The molecule has 0 aliphatic heterocycles. The Kier molecular flexibility index (Phi) is 2.81. The zero-order valence-corrected chi connectivity index (χ0v) is 8.83. The van der Waals surface area contributed by atoms with Gasteiger partial charge in [-0.15, -0.1) is 0 Å². The highest BCUT2D eigenvalue weighted by Crippen LogP contribution is 2.22. The first kappa shape index (κ1) is 9.90. The minimum atomic E-state index is 0.516. The lowest BCUT2D eigenvalue weighted by Crippen LogP contribution is -2.26. The highest BCUT2D eigenvalue weighted by Gasteiger charge is 2.07. The minimum Gasteiger partial charge on any atom is -0.399 e. The van der Waals surface area contributed by atoms with Crippen LogP contribution in [0.3, 0.4) is 0 Å². The van der Waals surface area contributed by atoms with E-state index in [4.69, 9.17) is 5.73 Å². The average molecular weight is 178 g/mol. The summed E-state index contributed by atoms with van der Waals surface area (Å²) in [4.78, 5) is 2.24. The molecule has 0 atom stereocenters. The van der Waals surface area contributed by atoms with Gasteiger partial charge in [-0.3, -0.25) is 0 Å². The number of hydrogen-bond acceptors (Lipinski definition) is 2. The maximum Gasteiger partial charge on any atom is 0.0397 e. The zero-order chi connectivity index (χ0) is 10.0. The Labute approximate surface area is 80.4 Å². The van der Waals surface area contributed by atoms with Gasteiger partial charge in [-0.25, -0.2) is 0 Å². The van der Waals surface area contributed by atoms with Gasteiger partial charge in [-0.05, 0) is 44.5 Å². The van der Waals surface area contributed by atoms with Gasteiger partial charge in [0.25, 0.3) is 0 Å². The lowest BCUT2D eigenvalue weighted by atomic mass is 10.1. The first-order valence-corrected chi connectivity index (χ1v) is 4.61. The van der Waals surface area contributed by atoms with E-state index in [1.165, 1.54) is 11.3 Å². The molecule has 72 valence electrons.